The Morgan fingerprint density at radius 3 is 2.68 bits per heavy atom. The fourth-order valence-corrected chi connectivity index (χ4v) is 3.07. The van der Waals surface area contributed by atoms with Crippen LogP contribution in [0.5, 0.6) is 5.75 Å². The molecule has 8 heteroatoms. The Morgan fingerprint density at radius 1 is 1.29 bits per heavy atom. The number of fused-ring (bicyclic) bond motifs is 1. The molecule has 0 atom stereocenters. The van der Waals surface area contributed by atoms with Crippen LogP contribution < -0.4 is 10.1 Å². The molecule has 0 saturated carbocycles. The number of pyridine rings is 1. The number of benzene rings is 1. The number of carbonyl (C=O) groups excluding carboxylic acids is 1. The van der Waals surface area contributed by atoms with Crippen LogP contribution in [0.2, 0.25) is 0 Å². The topological polar surface area (TPSA) is 69.0 Å². The predicted molar refractivity (Wildman–Crippen MR) is 102 cm³/mol. The third kappa shape index (κ3) is 3.95. The number of nitrogens with one attached hydrogen (secondary N) is 1. The minimum Gasteiger partial charge on any atom is -0.434 e. The minimum absolute atomic E-state index is 0.0399. The van der Waals surface area contributed by atoms with Crippen molar-refractivity contribution >= 4 is 16.9 Å². The average Bonchev–Trinajstić information content (AvgIpc) is 2.93. The van der Waals surface area contributed by atoms with Gasteiger partial charge in [0.1, 0.15) is 5.75 Å². The second kappa shape index (κ2) is 7.92. The number of rotatable bonds is 6. The molecule has 0 unspecified atom stereocenters. The van der Waals surface area contributed by atoms with Gasteiger partial charge in [0, 0.05) is 24.8 Å². The van der Waals surface area contributed by atoms with E-state index in [2.05, 4.69) is 20.1 Å². The van der Waals surface area contributed by atoms with Crippen molar-refractivity contribution in [1.82, 2.24) is 20.1 Å². The average molecular weight is 388 g/mol. The number of halogens is 2. The second-order valence-corrected chi connectivity index (χ2v) is 6.83. The number of aromatic nitrogens is 3. The van der Waals surface area contributed by atoms with E-state index < -0.39 is 6.61 Å². The molecule has 148 valence electrons. The molecule has 1 aromatic carbocycles. The number of alkyl halides is 2. The highest BCUT2D eigenvalue weighted by Crippen LogP contribution is 2.25. The smallest absolute Gasteiger partial charge is 0.387 e. The van der Waals surface area contributed by atoms with Crippen molar-refractivity contribution in [2.45, 2.75) is 39.8 Å². The molecule has 0 spiro atoms. The largest absolute Gasteiger partial charge is 0.434 e. The highest BCUT2D eigenvalue weighted by Gasteiger charge is 2.20. The van der Waals surface area contributed by atoms with Crippen LogP contribution in [0.4, 0.5) is 8.78 Å². The van der Waals surface area contributed by atoms with Gasteiger partial charge in [-0.05, 0) is 25.0 Å². The van der Waals surface area contributed by atoms with E-state index in [1.807, 2.05) is 20.8 Å². The fourth-order valence-electron chi connectivity index (χ4n) is 3.07. The number of carbonyl (C=O) groups is 1. The molecule has 0 aliphatic carbocycles. The first kappa shape index (κ1) is 19.7. The van der Waals surface area contributed by atoms with Gasteiger partial charge in [-0.2, -0.15) is 13.9 Å². The van der Waals surface area contributed by atoms with Crippen LogP contribution in [0, 0.1) is 6.92 Å². The number of para-hydroxylation sites is 1. The Bertz CT molecular complexity index is 1010. The van der Waals surface area contributed by atoms with E-state index in [0.717, 1.165) is 5.69 Å². The number of hydrogen-bond donors (Lipinski definition) is 1. The third-order valence-electron chi connectivity index (χ3n) is 4.45. The quantitative estimate of drug-likeness (QED) is 0.695. The van der Waals surface area contributed by atoms with E-state index in [1.165, 1.54) is 6.07 Å². The summed E-state index contributed by atoms with van der Waals surface area (Å²) >= 11 is 0. The molecule has 0 fully saturated rings. The van der Waals surface area contributed by atoms with E-state index in [4.69, 9.17) is 0 Å². The van der Waals surface area contributed by atoms with E-state index in [0.29, 0.717) is 27.9 Å². The van der Waals surface area contributed by atoms with Crippen LogP contribution in [-0.4, -0.2) is 27.3 Å². The number of nitrogens with zero attached hydrogens (tertiary/aromatic N) is 3. The van der Waals surface area contributed by atoms with Crippen LogP contribution in [0.1, 0.15) is 47.1 Å². The third-order valence-corrected chi connectivity index (χ3v) is 4.45. The van der Waals surface area contributed by atoms with Gasteiger partial charge in [0.2, 0.25) is 0 Å². The summed E-state index contributed by atoms with van der Waals surface area (Å²) in [6.07, 6.45) is 0. The number of aryl methyl sites for hydroxylation is 2. The summed E-state index contributed by atoms with van der Waals surface area (Å²) < 4.78 is 31.3. The summed E-state index contributed by atoms with van der Waals surface area (Å²) in [5, 5.41) is 7.85. The maximum atomic E-state index is 12.9. The molecule has 0 aliphatic rings. The Labute approximate surface area is 161 Å². The summed E-state index contributed by atoms with van der Waals surface area (Å²) in [5.41, 5.74) is 3.05. The van der Waals surface area contributed by atoms with Crippen molar-refractivity contribution in [1.29, 1.82) is 0 Å². The van der Waals surface area contributed by atoms with Gasteiger partial charge in [-0.3, -0.25) is 9.48 Å². The SMILES string of the molecule is Cc1nn(C)c2nc(C(C)C)cc(C(=O)NCc3ccccc3OC(F)F)c12. The second-order valence-electron chi connectivity index (χ2n) is 6.83. The zero-order chi connectivity index (χ0) is 20.4. The Hall–Kier alpha value is -3.03. The van der Waals surface area contributed by atoms with E-state index >= 15 is 0 Å². The minimum atomic E-state index is -2.93. The lowest BCUT2D eigenvalue weighted by Gasteiger charge is -2.13. The number of amides is 1. The Kier molecular flexibility index (Phi) is 5.58. The molecule has 0 bridgehead atoms. The van der Waals surface area contributed by atoms with Crippen LogP contribution >= 0.6 is 0 Å². The first-order valence-electron chi connectivity index (χ1n) is 8.93. The molecular formula is C20H22F2N4O2. The van der Waals surface area contributed by atoms with E-state index in [1.54, 1.807) is 36.0 Å². The van der Waals surface area contributed by atoms with E-state index in [9.17, 15) is 13.6 Å². The predicted octanol–water partition coefficient (Wildman–Crippen LogP) is 3.93. The van der Waals surface area contributed by atoms with Crippen molar-refractivity contribution in [2.75, 3.05) is 0 Å². The van der Waals surface area contributed by atoms with Crippen molar-refractivity contribution < 1.29 is 18.3 Å². The molecule has 2 heterocycles. The molecule has 0 aliphatic heterocycles. The van der Waals surface area contributed by atoms with Gasteiger partial charge < -0.3 is 10.1 Å². The lowest BCUT2D eigenvalue weighted by Crippen LogP contribution is -2.24. The normalized spacial score (nSPS) is 11.4. The zero-order valence-electron chi connectivity index (χ0n) is 16.2. The molecule has 0 saturated heterocycles. The summed E-state index contributed by atoms with van der Waals surface area (Å²) in [4.78, 5) is 17.6. The molecule has 1 N–H and O–H groups in total. The van der Waals surface area contributed by atoms with Crippen molar-refractivity contribution in [2.24, 2.45) is 7.05 Å². The van der Waals surface area contributed by atoms with Crippen molar-refractivity contribution in [3.8, 4) is 5.75 Å². The highest BCUT2D eigenvalue weighted by atomic mass is 19.3. The monoisotopic (exact) mass is 388 g/mol. The zero-order valence-corrected chi connectivity index (χ0v) is 16.2. The van der Waals surface area contributed by atoms with Gasteiger partial charge in [-0.1, -0.05) is 32.0 Å². The van der Waals surface area contributed by atoms with Crippen LogP contribution in [0.3, 0.4) is 0 Å². The summed E-state index contributed by atoms with van der Waals surface area (Å²) in [7, 11) is 1.78. The summed E-state index contributed by atoms with van der Waals surface area (Å²) in [6.45, 7) is 2.95. The highest BCUT2D eigenvalue weighted by molar-refractivity contribution is 6.06. The van der Waals surface area contributed by atoms with Crippen molar-refractivity contribution in [3.63, 3.8) is 0 Å². The summed E-state index contributed by atoms with van der Waals surface area (Å²) in [5.74, 6) is -0.151. The first-order valence-corrected chi connectivity index (χ1v) is 8.93. The standard InChI is InChI=1S/C20H22F2N4O2/c1-11(2)15-9-14(17-12(3)25-26(4)18(17)24-15)19(27)23-10-13-7-5-6-8-16(13)28-20(21)22/h5-9,11,20H,10H2,1-4H3,(H,23,27). The Balaban J connectivity index is 1.92. The van der Waals surface area contributed by atoms with Crippen LogP contribution in [-0.2, 0) is 13.6 Å². The molecule has 3 rings (SSSR count). The first-order chi connectivity index (χ1) is 13.3. The van der Waals surface area contributed by atoms with Crippen LogP contribution in [0.25, 0.3) is 11.0 Å². The molecule has 28 heavy (non-hydrogen) atoms. The van der Waals surface area contributed by atoms with Gasteiger partial charge in [-0.25, -0.2) is 4.98 Å². The number of hydrogen-bond acceptors (Lipinski definition) is 4. The number of ether oxygens (including phenoxy) is 1. The fraction of sp³-hybridized carbons (Fsp3) is 0.350. The maximum Gasteiger partial charge on any atom is 0.387 e. The van der Waals surface area contributed by atoms with Crippen LogP contribution in [0.15, 0.2) is 30.3 Å². The Morgan fingerprint density at radius 2 is 2.00 bits per heavy atom. The van der Waals surface area contributed by atoms with Gasteiger partial charge in [0.15, 0.2) is 5.65 Å². The van der Waals surface area contributed by atoms with Gasteiger partial charge in [-0.15, -0.1) is 0 Å². The van der Waals surface area contributed by atoms with Crippen molar-refractivity contribution in [3.05, 3.63) is 52.8 Å². The molecule has 6 nitrogen and oxygen atoms in total. The molecule has 3 aromatic rings. The molecular weight excluding hydrogens is 366 g/mol. The lowest BCUT2D eigenvalue weighted by atomic mass is 10.0. The molecule has 2 aromatic heterocycles. The summed E-state index contributed by atoms with van der Waals surface area (Å²) in [6, 6.07) is 8.14. The van der Waals surface area contributed by atoms with E-state index in [-0.39, 0.29) is 24.1 Å². The lowest BCUT2D eigenvalue weighted by molar-refractivity contribution is -0.0504. The van der Waals surface area contributed by atoms with Gasteiger partial charge >= 0.3 is 6.61 Å². The maximum absolute atomic E-state index is 12.9. The van der Waals surface area contributed by atoms with Gasteiger partial charge in [0.05, 0.1) is 16.6 Å². The molecule has 0 radical (unpaired) electrons. The van der Waals surface area contributed by atoms with Gasteiger partial charge in [0.25, 0.3) is 5.91 Å². The molecule has 1 amide bonds.